The van der Waals surface area contributed by atoms with Gasteiger partial charge in [0.25, 0.3) is 0 Å². The van der Waals surface area contributed by atoms with Gasteiger partial charge in [0, 0.05) is 11.6 Å². The van der Waals surface area contributed by atoms with Crippen LogP contribution in [0.5, 0.6) is 5.75 Å². The number of carbonyl (C=O) groups is 2. The molecular formula is C30H34INO4. The molecule has 0 aliphatic carbocycles. The molecule has 1 heterocycles. The normalized spacial score (nSPS) is 10.6. The molecule has 0 saturated heterocycles. The number of unbranched alkanes of at least 4 members (excludes halogenated alkanes) is 5. The zero-order chi connectivity index (χ0) is 24.7. The maximum atomic E-state index is 12.1. The molecule has 1 aromatic heterocycles. The van der Waals surface area contributed by atoms with Gasteiger partial charge in [-0.15, -0.1) is 0 Å². The van der Waals surface area contributed by atoms with Crippen LogP contribution in [0.15, 0.2) is 85.2 Å². The minimum absolute atomic E-state index is 0. The first-order valence-corrected chi connectivity index (χ1v) is 12.2. The minimum atomic E-state index is -0.261. The Balaban J connectivity index is 0.00000456. The topological polar surface area (TPSA) is 56.5 Å². The molecule has 3 rings (SSSR count). The van der Waals surface area contributed by atoms with Crippen LogP contribution in [0.2, 0.25) is 0 Å². The summed E-state index contributed by atoms with van der Waals surface area (Å²) < 4.78 is 13.0. The number of halogens is 1. The first-order chi connectivity index (χ1) is 17.1. The number of allylic oxidation sites excluding steroid dienone is 1. The molecule has 0 unspecified atom stereocenters. The van der Waals surface area contributed by atoms with Crippen molar-refractivity contribution in [2.75, 3.05) is 13.2 Å². The summed E-state index contributed by atoms with van der Waals surface area (Å²) in [4.78, 5) is 24.1. The van der Waals surface area contributed by atoms with Gasteiger partial charge in [-0.25, -0.2) is 9.36 Å². The predicted octanol–water partition coefficient (Wildman–Crippen LogP) is 2.99. The van der Waals surface area contributed by atoms with Gasteiger partial charge in [0.2, 0.25) is 0 Å². The van der Waals surface area contributed by atoms with Gasteiger partial charge in [0.15, 0.2) is 18.2 Å². The van der Waals surface area contributed by atoms with Crippen molar-refractivity contribution in [2.45, 2.75) is 38.5 Å². The molecule has 6 heteroatoms. The fourth-order valence-corrected chi connectivity index (χ4v) is 3.60. The van der Waals surface area contributed by atoms with Gasteiger partial charge < -0.3 is 33.5 Å². The maximum Gasteiger partial charge on any atom is 0.344 e. The molecule has 2 aromatic carbocycles. The molecule has 0 spiro atoms. The van der Waals surface area contributed by atoms with E-state index in [0.29, 0.717) is 24.3 Å². The third-order valence-corrected chi connectivity index (χ3v) is 5.58. The molecule has 36 heavy (non-hydrogen) atoms. The summed E-state index contributed by atoms with van der Waals surface area (Å²) in [6.07, 6.45) is 13.4. The number of ketones is 1. The molecule has 0 bridgehead atoms. The number of rotatable bonds is 14. The average Bonchev–Trinajstić information content (AvgIpc) is 2.89. The van der Waals surface area contributed by atoms with Crippen molar-refractivity contribution in [3.8, 4) is 5.75 Å². The number of nitrogens with zero attached hydrogens (tertiary/aromatic N) is 1. The van der Waals surface area contributed by atoms with E-state index in [0.717, 1.165) is 49.8 Å². The summed E-state index contributed by atoms with van der Waals surface area (Å²) in [6, 6.07) is 20.6. The summed E-state index contributed by atoms with van der Waals surface area (Å²) >= 11 is 0. The fourth-order valence-electron chi connectivity index (χ4n) is 3.60. The number of hydrogen-bond acceptors (Lipinski definition) is 4. The number of esters is 1. The van der Waals surface area contributed by atoms with Crippen LogP contribution in [0.3, 0.4) is 0 Å². The van der Waals surface area contributed by atoms with E-state index in [-0.39, 0.29) is 35.7 Å². The number of carbonyl (C=O) groups excluding carboxylic acids is 2. The summed E-state index contributed by atoms with van der Waals surface area (Å²) in [5.41, 5.74) is 2.23. The largest absolute Gasteiger partial charge is 1.00 e. The molecule has 0 radical (unpaired) electrons. The molecular weight excluding hydrogens is 565 g/mol. The van der Waals surface area contributed by atoms with Gasteiger partial charge in [-0.3, -0.25) is 4.79 Å². The van der Waals surface area contributed by atoms with Gasteiger partial charge in [0.05, 0.1) is 13.2 Å². The molecule has 0 amide bonds. The van der Waals surface area contributed by atoms with E-state index in [2.05, 4.69) is 0 Å². The second-order valence-corrected chi connectivity index (χ2v) is 8.50. The van der Waals surface area contributed by atoms with Crippen molar-refractivity contribution in [3.63, 3.8) is 0 Å². The van der Waals surface area contributed by atoms with Crippen LogP contribution < -0.4 is 33.3 Å². The highest BCUT2D eigenvalue weighted by atomic mass is 127. The van der Waals surface area contributed by atoms with Gasteiger partial charge in [-0.1, -0.05) is 74.2 Å². The molecule has 5 nitrogen and oxygen atoms in total. The first kappa shape index (κ1) is 29.2. The van der Waals surface area contributed by atoms with Gasteiger partial charge in [-0.05, 0) is 42.7 Å². The van der Waals surface area contributed by atoms with Gasteiger partial charge in [0.1, 0.15) is 18.4 Å². The monoisotopic (exact) mass is 599 g/mol. The smallest absolute Gasteiger partial charge is 0.344 e. The molecule has 3 aromatic rings. The van der Waals surface area contributed by atoms with Crippen LogP contribution >= 0.6 is 0 Å². The van der Waals surface area contributed by atoms with Crippen LogP contribution in [-0.2, 0) is 11.8 Å². The summed E-state index contributed by atoms with van der Waals surface area (Å²) in [7, 11) is 1.88. The molecule has 0 atom stereocenters. The summed E-state index contributed by atoms with van der Waals surface area (Å²) in [6.45, 7) is 1.15. The minimum Gasteiger partial charge on any atom is -1.00 e. The Hall–Kier alpha value is -3.00. The first-order valence-electron chi connectivity index (χ1n) is 12.2. The third-order valence-electron chi connectivity index (χ3n) is 5.58. The lowest BCUT2D eigenvalue weighted by Crippen LogP contribution is -3.00. The fraction of sp³-hybridized carbons (Fsp3) is 0.300. The third kappa shape index (κ3) is 10.7. The second kappa shape index (κ2) is 16.6. The Morgan fingerprint density at radius 2 is 1.42 bits per heavy atom. The van der Waals surface area contributed by atoms with Crippen LogP contribution in [0.4, 0.5) is 0 Å². The molecule has 0 N–H and O–H groups in total. The summed E-state index contributed by atoms with van der Waals surface area (Å²) in [5, 5.41) is 0. The van der Waals surface area contributed by atoms with Crippen molar-refractivity contribution in [1.29, 1.82) is 0 Å². The Bertz CT molecular complexity index is 1100. The van der Waals surface area contributed by atoms with E-state index in [4.69, 9.17) is 9.47 Å². The lowest BCUT2D eigenvalue weighted by Gasteiger charge is -2.07. The van der Waals surface area contributed by atoms with Crippen LogP contribution in [0, 0.1) is 0 Å². The van der Waals surface area contributed by atoms with E-state index >= 15 is 0 Å². The van der Waals surface area contributed by atoms with E-state index in [1.165, 1.54) is 0 Å². The van der Waals surface area contributed by atoms with Crippen molar-refractivity contribution in [3.05, 3.63) is 102 Å². The number of pyridine rings is 1. The van der Waals surface area contributed by atoms with E-state index in [9.17, 15) is 9.59 Å². The number of benzene rings is 2. The van der Waals surface area contributed by atoms with Crippen LogP contribution in [0.1, 0.15) is 64.8 Å². The molecule has 0 aliphatic rings. The number of hydrogen-bond donors (Lipinski definition) is 0. The zero-order valence-electron chi connectivity index (χ0n) is 20.8. The standard InChI is InChI=1S/C30H34NO4.HI/c1-31-21-11-14-27(24-31)30(33)35-23-10-5-3-2-4-9-22-34-28-18-15-25(16-19-28)17-20-29(32)26-12-7-6-8-13-26;/h6-8,11-21,24H,2-5,9-10,22-23H2,1H3;1H/q+1;/p-1/b20-17+;. The molecule has 0 saturated carbocycles. The quantitative estimate of drug-likeness (QED) is 0.0715. The lowest BCUT2D eigenvalue weighted by atomic mass is 10.1. The second-order valence-electron chi connectivity index (χ2n) is 8.50. The van der Waals surface area contributed by atoms with E-state index < -0.39 is 0 Å². The Morgan fingerprint density at radius 1 is 0.778 bits per heavy atom. The SMILES string of the molecule is C[n+]1cccc(C(=O)OCCCCCCCCOc2ccc(/C=C/C(=O)c3ccccc3)cc2)c1.[I-]. The molecule has 0 aliphatic heterocycles. The van der Waals surface area contributed by atoms with Gasteiger partial charge in [-0.2, -0.15) is 0 Å². The highest BCUT2D eigenvalue weighted by Crippen LogP contribution is 2.15. The number of aromatic nitrogens is 1. The highest BCUT2D eigenvalue weighted by Gasteiger charge is 2.10. The molecule has 190 valence electrons. The molecule has 0 fully saturated rings. The Morgan fingerprint density at radius 3 is 2.11 bits per heavy atom. The Kier molecular flexibility index (Phi) is 13.5. The van der Waals surface area contributed by atoms with Crippen LogP contribution in [0.25, 0.3) is 6.08 Å². The van der Waals surface area contributed by atoms with E-state index in [1.54, 1.807) is 18.3 Å². The number of aryl methyl sites for hydroxylation is 1. The Labute approximate surface area is 231 Å². The van der Waals surface area contributed by atoms with Crippen molar-refractivity contribution in [2.24, 2.45) is 7.05 Å². The maximum absolute atomic E-state index is 12.1. The number of ether oxygens (including phenoxy) is 2. The predicted molar refractivity (Wildman–Crippen MR) is 137 cm³/mol. The lowest BCUT2D eigenvalue weighted by molar-refractivity contribution is -0.671. The van der Waals surface area contributed by atoms with Crippen LogP contribution in [-0.4, -0.2) is 25.0 Å². The van der Waals surface area contributed by atoms with Gasteiger partial charge >= 0.3 is 5.97 Å². The van der Waals surface area contributed by atoms with Crippen molar-refractivity contribution < 1.29 is 47.6 Å². The van der Waals surface area contributed by atoms with E-state index in [1.807, 2.05) is 84.6 Å². The average molecular weight is 600 g/mol. The summed E-state index contributed by atoms with van der Waals surface area (Å²) in [5.74, 6) is 0.571. The zero-order valence-corrected chi connectivity index (χ0v) is 22.9. The highest BCUT2D eigenvalue weighted by molar-refractivity contribution is 6.06. The van der Waals surface area contributed by atoms with Crippen molar-refractivity contribution >= 4 is 17.8 Å². The van der Waals surface area contributed by atoms with Crippen molar-refractivity contribution in [1.82, 2.24) is 0 Å².